The second-order valence-corrected chi connectivity index (χ2v) is 4.05. The van der Waals surface area contributed by atoms with Crippen molar-refractivity contribution in [1.82, 2.24) is 9.73 Å². The smallest absolute Gasteiger partial charge is 0.423 e. The first kappa shape index (κ1) is 12.9. The summed E-state index contributed by atoms with van der Waals surface area (Å²) in [6, 6.07) is 5.05. The molecule has 0 saturated heterocycles. The third kappa shape index (κ3) is 2.50. The summed E-state index contributed by atoms with van der Waals surface area (Å²) in [6.45, 7) is 0.373. The molecular weight excluding hydrogens is 253 g/mol. The number of rotatable bonds is 2. The lowest BCUT2D eigenvalue weighted by atomic mass is 9.76. The Bertz CT molecular complexity index is 497. The Morgan fingerprint density at radius 2 is 2.50 bits per heavy atom. The van der Waals surface area contributed by atoms with Gasteiger partial charge in [0.05, 0.1) is 12.8 Å². The summed E-state index contributed by atoms with van der Waals surface area (Å²) >= 11 is 3.89. The summed E-state index contributed by atoms with van der Waals surface area (Å²) in [7, 11) is 0.537. The molecule has 1 aromatic carbocycles. The quantitative estimate of drug-likeness (QED) is 0.298. The fourth-order valence-electron chi connectivity index (χ4n) is 1.69. The van der Waals surface area contributed by atoms with Crippen LogP contribution in [0.1, 0.15) is 11.1 Å². The highest BCUT2D eigenvalue weighted by molar-refractivity contribution is 7.78. The molecule has 1 aromatic rings. The molecule has 1 heterocycles. The van der Waals surface area contributed by atoms with Crippen LogP contribution < -0.4 is 10.8 Å². The van der Waals surface area contributed by atoms with Crippen molar-refractivity contribution >= 4 is 37.6 Å². The number of hydrogen-bond acceptors (Lipinski definition) is 5. The summed E-state index contributed by atoms with van der Waals surface area (Å²) in [5.74, 6) is 0. The first-order valence-electron chi connectivity index (χ1n) is 5.29. The maximum absolute atomic E-state index is 11.2. The Morgan fingerprint density at radius 3 is 3.22 bits per heavy atom. The van der Waals surface area contributed by atoms with Crippen molar-refractivity contribution in [2.75, 3.05) is 7.05 Å². The van der Waals surface area contributed by atoms with Gasteiger partial charge in [0.2, 0.25) is 0 Å². The highest BCUT2D eigenvalue weighted by Crippen LogP contribution is 2.11. The van der Waals surface area contributed by atoms with Gasteiger partial charge in [-0.15, -0.1) is 0 Å². The lowest BCUT2D eigenvalue weighted by Gasteiger charge is -2.08. The fraction of sp³-hybridized carbons (Fsp3) is 0.200. The van der Waals surface area contributed by atoms with Gasteiger partial charge in [-0.3, -0.25) is 0 Å². The van der Waals surface area contributed by atoms with Gasteiger partial charge >= 0.3 is 13.1 Å². The average Bonchev–Trinajstić information content (AvgIpc) is 2.77. The molecular formula is C10H12BN3O3S. The Labute approximate surface area is 110 Å². The Balaban J connectivity index is 2.23. The summed E-state index contributed by atoms with van der Waals surface area (Å²) in [5, 5.41) is 15.9. The zero-order chi connectivity index (χ0) is 13.1. The molecule has 0 unspecified atom stereocenters. The fourth-order valence-corrected chi connectivity index (χ4v) is 1.85. The van der Waals surface area contributed by atoms with Gasteiger partial charge in [-0.05, 0) is 29.4 Å². The predicted octanol–water partition coefficient (Wildman–Crippen LogP) is -0.276. The van der Waals surface area contributed by atoms with Crippen LogP contribution in [0.25, 0.3) is 0 Å². The number of amides is 2. The van der Waals surface area contributed by atoms with Crippen LogP contribution in [0.3, 0.4) is 0 Å². The number of nitrogens with zero attached hydrogens (tertiary/aromatic N) is 2. The van der Waals surface area contributed by atoms with E-state index in [1.54, 1.807) is 6.07 Å². The molecule has 0 aliphatic carbocycles. The number of fused-ring (bicyclic) bond motifs is 1. The maximum Gasteiger partial charge on any atom is 0.492 e. The molecule has 1 aliphatic rings. The zero-order valence-electron chi connectivity index (χ0n) is 9.70. The number of hydrazone groups is 1. The number of benzene rings is 1. The van der Waals surface area contributed by atoms with Crippen LogP contribution in [0, 0.1) is 0 Å². The van der Waals surface area contributed by atoms with E-state index in [2.05, 4.69) is 23.2 Å². The van der Waals surface area contributed by atoms with Crippen molar-refractivity contribution in [3.05, 3.63) is 29.3 Å². The van der Waals surface area contributed by atoms with Crippen LogP contribution in [-0.2, 0) is 11.3 Å². The first-order valence-corrected chi connectivity index (χ1v) is 5.69. The largest absolute Gasteiger partial charge is 0.492 e. The van der Waals surface area contributed by atoms with Gasteiger partial charge in [0.15, 0.2) is 0 Å². The third-order valence-electron chi connectivity index (χ3n) is 2.58. The van der Waals surface area contributed by atoms with E-state index in [9.17, 15) is 9.82 Å². The first-order chi connectivity index (χ1) is 8.63. The molecule has 0 saturated carbocycles. The minimum absolute atomic E-state index is 0.373. The van der Waals surface area contributed by atoms with Gasteiger partial charge in [0.25, 0.3) is 0 Å². The van der Waals surface area contributed by atoms with E-state index in [1.807, 2.05) is 12.1 Å². The van der Waals surface area contributed by atoms with E-state index >= 15 is 0 Å². The highest BCUT2D eigenvalue weighted by atomic mass is 32.1. The average molecular weight is 265 g/mol. The van der Waals surface area contributed by atoms with E-state index in [0.717, 1.165) is 9.98 Å². The number of urea groups is 1. The molecule has 2 N–H and O–H groups in total. The Morgan fingerprint density at radius 1 is 1.72 bits per heavy atom. The molecule has 18 heavy (non-hydrogen) atoms. The molecule has 0 radical (unpaired) electrons. The topological polar surface area (TPSA) is 74.2 Å². The van der Waals surface area contributed by atoms with Crippen molar-refractivity contribution in [3.8, 4) is 0 Å². The van der Waals surface area contributed by atoms with E-state index in [1.165, 1.54) is 13.3 Å². The van der Waals surface area contributed by atoms with Crippen LogP contribution in [0.4, 0.5) is 4.79 Å². The van der Waals surface area contributed by atoms with Gasteiger partial charge in [-0.2, -0.15) is 9.52 Å². The van der Waals surface area contributed by atoms with Crippen LogP contribution in [0.5, 0.6) is 0 Å². The molecule has 2 amide bonds. The molecule has 6 nitrogen and oxygen atoms in total. The highest BCUT2D eigenvalue weighted by Gasteiger charge is 2.29. The van der Waals surface area contributed by atoms with Gasteiger partial charge in [-0.25, -0.2) is 4.79 Å². The van der Waals surface area contributed by atoms with Crippen molar-refractivity contribution in [2.24, 2.45) is 5.10 Å². The van der Waals surface area contributed by atoms with Crippen LogP contribution in [0.2, 0.25) is 0 Å². The summed E-state index contributed by atoms with van der Waals surface area (Å²) in [4.78, 5) is 11.2. The molecule has 0 fully saturated rings. The molecule has 0 aromatic heterocycles. The van der Waals surface area contributed by atoms with Crippen LogP contribution in [0.15, 0.2) is 23.3 Å². The third-order valence-corrected chi connectivity index (χ3v) is 2.86. The van der Waals surface area contributed by atoms with E-state index in [0.29, 0.717) is 17.6 Å². The molecule has 8 heteroatoms. The van der Waals surface area contributed by atoms with E-state index in [4.69, 9.17) is 4.65 Å². The minimum Gasteiger partial charge on any atom is -0.423 e. The Hall–Kier alpha value is -1.51. The number of nitrogens with one attached hydrogen (secondary N) is 1. The Kier molecular flexibility index (Phi) is 3.90. The van der Waals surface area contributed by atoms with Crippen molar-refractivity contribution in [2.45, 2.75) is 6.61 Å². The lowest BCUT2D eigenvalue weighted by molar-refractivity contribution is 0.229. The lowest BCUT2D eigenvalue weighted by Crippen LogP contribution is -2.32. The standard InChI is InChI=1S/C10H12BN3O3S/c1-12-10(15)14(18)13-5-7-3-2-4-8-6-17-11(16)9(7)8/h2-5,16,18H,6H2,1H3,(H,12,15). The number of hydrogen-bond donors (Lipinski definition) is 3. The van der Waals surface area contributed by atoms with Gasteiger partial charge in [-0.1, -0.05) is 18.2 Å². The molecule has 94 valence electrons. The summed E-state index contributed by atoms with van der Waals surface area (Å²) in [6.07, 6.45) is 1.46. The van der Waals surface area contributed by atoms with Gasteiger partial charge < -0.3 is 15.0 Å². The normalized spacial score (nSPS) is 13.8. The van der Waals surface area contributed by atoms with Crippen molar-refractivity contribution in [3.63, 3.8) is 0 Å². The molecule has 2 rings (SSSR count). The molecule has 1 aliphatic heterocycles. The van der Waals surface area contributed by atoms with Crippen LogP contribution >= 0.6 is 12.8 Å². The predicted molar refractivity (Wildman–Crippen MR) is 71.7 cm³/mol. The second-order valence-electron chi connectivity index (χ2n) is 3.67. The number of carbonyl (C=O) groups is 1. The molecule has 0 spiro atoms. The number of carbonyl (C=O) groups excluding carboxylic acids is 1. The minimum atomic E-state index is -0.948. The van der Waals surface area contributed by atoms with Crippen molar-refractivity contribution in [1.29, 1.82) is 0 Å². The SMILES string of the molecule is CNC(=O)N(S)N=Cc1cccc2c1B(O)OC2. The number of thiol groups is 1. The molecule has 0 atom stereocenters. The van der Waals surface area contributed by atoms with E-state index < -0.39 is 13.1 Å². The monoisotopic (exact) mass is 265 g/mol. The maximum atomic E-state index is 11.2. The van der Waals surface area contributed by atoms with Crippen LogP contribution in [-0.4, -0.2) is 35.9 Å². The van der Waals surface area contributed by atoms with Crippen molar-refractivity contribution < 1.29 is 14.5 Å². The molecule has 0 bridgehead atoms. The summed E-state index contributed by atoms with van der Waals surface area (Å²) < 4.78 is 6.00. The second kappa shape index (κ2) is 5.43. The zero-order valence-corrected chi connectivity index (χ0v) is 10.6. The van der Waals surface area contributed by atoms with E-state index in [-0.39, 0.29) is 0 Å². The van der Waals surface area contributed by atoms with Gasteiger partial charge in [0, 0.05) is 7.05 Å². The summed E-state index contributed by atoms with van der Waals surface area (Å²) in [5.41, 5.74) is 2.29. The van der Waals surface area contributed by atoms with Gasteiger partial charge in [0.1, 0.15) is 0 Å².